The maximum atomic E-state index is 12.4. The second-order valence-electron chi connectivity index (χ2n) is 4.89. The number of anilines is 1. The highest BCUT2D eigenvalue weighted by Crippen LogP contribution is 2.15. The average Bonchev–Trinajstić information content (AvgIpc) is 2.98. The van der Waals surface area contributed by atoms with Gasteiger partial charge in [-0.15, -0.1) is 0 Å². The minimum absolute atomic E-state index is 0.255. The normalized spacial score (nSPS) is 10.1. The Morgan fingerprint density at radius 3 is 2.65 bits per heavy atom. The number of amides is 1. The Hall–Kier alpha value is -3.46. The van der Waals surface area contributed by atoms with Gasteiger partial charge in [0.15, 0.2) is 5.82 Å². The van der Waals surface area contributed by atoms with Crippen LogP contribution in [0, 0.1) is 18.3 Å². The van der Waals surface area contributed by atoms with Gasteiger partial charge in [0.25, 0.3) is 5.91 Å². The van der Waals surface area contributed by atoms with Gasteiger partial charge in [0.05, 0.1) is 29.1 Å². The summed E-state index contributed by atoms with van der Waals surface area (Å²) < 4.78 is 1.62. The molecule has 2 heterocycles. The quantitative estimate of drug-likeness (QED) is 0.806. The van der Waals surface area contributed by atoms with Crippen molar-refractivity contribution in [2.45, 2.75) is 6.92 Å². The van der Waals surface area contributed by atoms with Crippen molar-refractivity contribution in [1.29, 1.82) is 5.26 Å². The minimum atomic E-state index is -0.255. The molecule has 1 N–H and O–H groups in total. The van der Waals surface area contributed by atoms with E-state index in [4.69, 9.17) is 5.26 Å². The number of aromatic nitrogens is 3. The lowest BCUT2D eigenvalue weighted by Crippen LogP contribution is -2.13. The van der Waals surface area contributed by atoms with Crippen LogP contribution < -0.4 is 5.32 Å². The first kappa shape index (κ1) is 14.5. The van der Waals surface area contributed by atoms with Crippen molar-refractivity contribution < 1.29 is 4.79 Å². The van der Waals surface area contributed by atoms with Gasteiger partial charge in [-0.05, 0) is 43.3 Å². The van der Waals surface area contributed by atoms with Crippen LogP contribution in [0.25, 0.3) is 5.82 Å². The predicted molar refractivity (Wildman–Crippen MR) is 85.2 cm³/mol. The lowest BCUT2D eigenvalue weighted by molar-refractivity contribution is 0.102. The number of carbonyl (C=O) groups is 1. The Labute approximate surface area is 133 Å². The number of nitrogens with zero attached hydrogens (tertiary/aromatic N) is 4. The van der Waals surface area contributed by atoms with Gasteiger partial charge in [-0.3, -0.25) is 4.79 Å². The summed E-state index contributed by atoms with van der Waals surface area (Å²) in [4.78, 5) is 16.6. The van der Waals surface area contributed by atoms with E-state index < -0.39 is 0 Å². The zero-order valence-electron chi connectivity index (χ0n) is 12.4. The molecule has 0 bridgehead atoms. The second-order valence-corrected chi connectivity index (χ2v) is 4.89. The van der Waals surface area contributed by atoms with Gasteiger partial charge in [0.2, 0.25) is 0 Å². The highest BCUT2D eigenvalue weighted by molar-refractivity contribution is 6.04. The molecule has 1 amide bonds. The molecule has 6 nitrogen and oxygen atoms in total. The van der Waals surface area contributed by atoms with Gasteiger partial charge in [-0.25, -0.2) is 9.67 Å². The molecule has 0 unspecified atom stereocenters. The molecular formula is C17H13N5O. The molecule has 2 aromatic heterocycles. The summed E-state index contributed by atoms with van der Waals surface area (Å²) in [5.74, 6) is 0.400. The zero-order valence-corrected chi connectivity index (χ0v) is 12.4. The van der Waals surface area contributed by atoms with E-state index in [0.717, 1.165) is 0 Å². The Bertz CT molecular complexity index is 876. The molecule has 3 aromatic rings. The third kappa shape index (κ3) is 2.94. The zero-order chi connectivity index (χ0) is 16.2. The van der Waals surface area contributed by atoms with Gasteiger partial charge in [0, 0.05) is 11.9 Å². The van der Waals surface area contributed by atoms with Crippen LogP contribution in [0.1, 0.15) is 21.6 Å². The van der Waals surface area contributed by atoms with Gasteiger partial charge in [0.1, 0.15) is 0 Å². The molecule has 0 aliphatic heterocycles. The number of nitrogens with one attached hydrogen (secondary N) is 1. The van der Waals surface area contributed by atoms with Crippen molar-refractivity contribution in [3.8, 4) is 11.9 Å². The van der Waals surface area contributed by atoms with Crippen LogP contribution in [0.2, 0.25) is 0 Å². The lowest BCUT2D eigenvalue weighted by atomic mass is 10.2. The van der Waals surface area contributed by atoms with E-state index in [1.807, 2.05) is 31.2 Å². The standard InChI is InChI=1S/C17H13N5O/c1-12-15(11-20-22(12)16-4-2-3-9-19-16)17(23)21-14-7-5-13(10-18)6-8-14/h2-9,11H,1H3,(H,21,23). The molecule has 0 fully saturated rings. The number of carbonyl (C=O) groups excluding carboxylic acids is 1. The topological polar surface area (TPSA) is 83.6 Å². The first-order chi connectivity index (χ1) is 11.2. The Balaban J connectivity index is 1.83. The van der Waals surface area contributed by atoms with Gasteiger partial charge in [-0.2, -0.15) is 10.4 Å². The SMILES string of the molecule is Cc1c(C(=O)Nc2ccc(C#N)cc2)cnn1-c1ccccn1. The molecule has 23 heavy (non-hydrogen) atoms. The fraction of sp³-hybridized carbons (Fsp3) is 0.0588. The first-order valence-electron chi connectivity index (χ1n) is 6.96. The second kappa shape index (κ2) is 6.12. The van der Waals surface area contributed by atoms with Crippen molar-refractivity contribution in [2.75, 3.05) is 5.32 Å². The molecule has 0 aliphatic rings. The van der Waals surface area contributed by atoms with Crippen molar-refractivity contribution in [2.24, 2.45) is 0 Å². The molecule has 112 valence electrons. The summed E-state index contributed by atoms with van der Waals surface area (Å²) in [6.07, 6.45) is 3.19. The smallest absolute Gasteiger partial charge is 0.259 e. The monoisotopic (exact) mass is 303 g/mol. The summed E-state index contributed by atoms with van der Waals surface area (Å²) in [6.45, 7) is 1.81. The van der Waals surface area contributed by atoms with Gasteiger partial charge in [-0.1, -0.05) is 6.07 Å². The Kier molecular flexibility index (Phi) is 3.85. The van der Waals surface area contributed by atoms with Crippen molar-refractivity contribution in [3.63, 3.8) is 0 Å². The fourth-order valence-electron chi connectivity index (χ4n) is 2.17. The lowest BCUT2D eigenvalue weighted by Gasteiger charge is -2.06. The maximum absolute atomic E-state index is 12.4. The van der Waals surface area contributed by atoms with E-state index in [1.54, 1.807) is 35.1 Å². The largest absolute Gasteiger partial charge is 0.322 e. The van der Waals surface area contributed by atoms with Gasteiger partial charge < -0.3 is 5.32 Å². The number of pyridine rings is 1. The summed E-state index contributed by atoms with van der Waals surface area (Å²) in [5.41, 5.74) is 2.34. The van der Waals surface area contributed by atoms with E-state index in [-0.39, 0.29) is 5.91 Å². The van der Waals surface area contributed by atoms with Crippen LogP contribution in [0.4, 0.5) is 5.69 Å². The molecule has 0 aliphatic carbocycles. The van der Waals surface area contributed by atoms with E-state index in [1.165, 1.54) is 6.20 Å². The summed E-state index contributed by atoms with van der Waals surface area (Å²) in [6, 6.07) is 14.2. The number of benzene rings is 1. The Morgan fingerprint density at radius 1 is 1.22 bits per heavy atom. The van der Waals surface area contributed by atoms with Crippen LogP contribution in [-0.4, -0.2) is 20.7 Å². The molecule has 0 atom stereocenters. The van der Waals surface area contributed by atoms with E-state index in [9.17, 15) is 4.79 Å². The summed E-state index contributed by atoms with van der Waals surface area (Å²) >= 11 is 0. The molecule has 0 spiro atoms. The maximum Gasteiger partial charge on any atom is 0.259 e. The van der Waals surface area contributed by atoms with E-state index in [0.29, 0.717) is 28.3 Å². The number of hydrogen-bond acceptors (Lipinski definition) is 4. The molecule has 1 aromatic carbocycles. The van der Waals surface area contributed by atoms with E-state index >= 15 is 0 Å². The van der Waals surface area contributed by atoms with Crippen molar-refractivity contribution >= 4 is 11.6 Å². The van der Waals surface area contributed by atoms with Crippen LogP contribution in [0.5, 0.6) is 0 Å². The average molecular weight is 303 g/mol. The number of hydrogen-bond donors (Lipinski definition) is 1. The van der Waals surface area contributed by atoms with Crippen molar-refractivity contribution in [3.05, 3.63) is 71.7 Å². The van der Waals surface area contributed by atoms with Crippen LogP contribution >= 0.6 is 0 Å². The highest BCUT2D eigenvalue weighted by atomic mass is 16.1. The molecule has 3 rings (SSSR count). The molecule has 0 saturated carbocycles. The van der Waals surface area contributed by atoms with E-state index in [2.05, 4.69) is 15.4 Å². The van der Waals surface area contributed by atoms with Crippen LogP contribution in [0.15, 0.2) is 54.9 Å². The number of rotatable bonds is 3. The highest BCUT2D eigenvalue weighted by Gasteiger charge is 2.15. The minimum Gasteiger partial charge on any atom is -0.322 e. The van der Waals surface area contributed by atoms with Crippen LogP contribution in [-0.2, 0) is 0 Å². The predicted octanol–water partition coefficient (Wildman–Crippen LogP) is 2.70. The third-order valence-electron chi connectivity index (χ3n) is 3.39. The molecular weight excluding hydrogens is 290 g/mol. The van der Waals surface area contributed by atoms with Gasteiger partial charge >= 0.3 is 0 Å². The summed E-state index contributed by atoms with van der Waals surface area (Å²) in [5, 5.41) is 15.8. The molecule has 0 radical (unpaired) electrons. The summed E-state index contributed by atoms with van der Waals surface area (Å²) in [7, 11) is 0. The fourth-order valence-corrected chi connectivity index (χ4v) is 2.17. The Morgan fingerprint density at radius 2 is 2.00 bits per heavy atom. The first-order valence-corrected chi connectivity index (χ1v) is 6.96. The molecule has 6 heteroatoms. The van der Waals surface area contributed by atoms with Crippen LogP contribution in [0.3, 0.4) is 0 Å². The molecule has 0 saturated heterocycles. The number of nitriles is 1. The third-order valence-corrected chi connectivity index (χ3v) is 3.39. The van der Waals surface area contributed by atoms with Crippen molar-refractivity contribution in [1.82, 2.24) is 14.8 Å².